The number of amides is 1. The smallest absolute Gasteiger partial charge is 0.455 e. The van der Waals surface area contributed by atoms with Gasteiger partial charge in [-0.2, -0.15) is 5.10 Å². The zero-order chi connectivity index (χ0) is 26.6. The normalized spacial score (nSPS) is 13.2. The predicted octanol–water partition coefficient (Wildman–Crippen LogP) is 3.54. The molecule has 0 saturated heterocycles. The zero-order valence-electron chi connectivity index (χ0n) is 20.2. The van der Waals surface area contributed by atoms with Gasteiger partial charge in [-0.25, -0.2) is 18.4 Å². The van der Waals surface area contributed by atoms with Crippen molar-refractivity contribution in [3.63, 3.8) is 0 Å². The van der Waals surface area contributed by atoms with Crippen LogP contribution in [0.4, 0.5) is 8.78 Å². The highest BCUT2D eigenvalue weighted by molar-refractivity contribution is 6.58. The number of halogens is 2. The molecule has 0 atom stereocenters. The summed E-state index contributed by atoms with van der Waals surface area (Å²) in [6, 6.07) is 13.4. The van der Waals surface area contributed by atoms with E-state index in [9.17, 15) is 23.6 Å². The van der Waals surface area contributed by atoms with Gasteiger partial charge in [0.05, 0.1) is 11.3 Å². The summed E-state index contributed by atoms with van der Waals surface area (Å²) in [6.07, 6.45) is 3.27. The van der Waals surface area contributed by atoms with Crippen molar-refractivity contribution >= 4 is 29.5 Å². The van der Waals surface area contributed by atoms with Crippen LogP contribution < -0.4 is 10.8 Å². The first-order chi connectivity index (χ1) is 18.4. The Hall–Kier alpha value is -4.35. The lowest BCUT2D eigenvalue weighted by molar-refractivity contribution is 0.0964. The Morgan fingerprint density at radius 3 is 2.47 bits per heavy atom. The first-order valence-corrected chi connectivity index (χ1v) is 12.0. The Morgan fingerprint density at radius 1 is 1.08 bits per heavy atom. The highest BCUT2D eigenvalue weighted by Crippen LogP contribution is 2.46. The van der Waals surface area contributed by atoms with Crippen LogP contribution in [-0.2, 0) is 0 Å². The number of benzene rings is 3. The predicted molar refractivity (Wildman–Crippen MR) is 137 cm³/mol. The number of nitrogens with zero attached hydrogens (tertiary/aromatic N) is 3. The summed E-state index contributed by atoms with van der Waals surface area (Å²) in [5.41, 5.74) is 3.08. The number of nitrogens with one attached hydrogen (secondary N) is 1. The molecule has 38 heavy (non-hydrogen) atoms. The van der Waals surface area contributed by atoms with Crippen LogP contribution in [0.1, 0.15) is 34.7 Å². The van der Waals surface area contributed by atoms with E-state index in [4.69, 9.17) is 4.42 Å². The van der Waals surface area contributed by atoms with Gasteiger partial charge in [-0.1, -0.05) is 12.1 Å². The number of rotatable bonds is 6. The van der Waals surface area contributed by atoms with Crippen LogP contribution in [-0.4, -0.2) is 44.9 Å². The van der Waals surface area contributed by atoms with Crippen molar-refractivity contribution in [3.8, 4) is 28.4 Å². The number of hydrogen-bond acceptors (Lipinski definition) is 6. The standard InChI is InChI=1S/C27H21BF2N4O4/c1-31-27(35)24-19-11-18(14-2-3-14)22(12-23(19)38-25(24)15-4-7-17(29)8-5-15)34-26(32-13-33-34)16-6-9-20(28(36)37)21(30)10-16/h4-14,36-37H,2-3H2,1H3,(H,31,35). The maximum atomic E-state index is 14.5. The van der Waals surface area contributed by atoms with E-state index in [1.807, 2.05) is 6.07 Å². The summed E-state index contributed by atoms with van der Waals surface area (Å²) < 4.78 is 35.9. The number of carbonyl (C=O) groups is 1. The number of aromatic nitrogens is 3. The molecule has 0 unspecified atom stereocenters. The molecule has 1 saturated carbocycles. The van der Waals surface area contributed by atoms with E-state index in [2.05, 4.69) is 15.4 Å². The van der Waals surface area contributed by atoms with Crippen LogP contribution >= 0.6 is 0 Å². The molecule has 2 heterocycles. The SMILES string of the molecule is CNC(=O)c1c(-c2ccc(F)cc2)oc2cc(-n3ncnc3-c3ccc(B(O)O)c(F)c3)c(C3CC3)cc12. The average Bonchev–Trinajstić information content (AvgIpc) is 3.51. The molecule has 11 heteroatoms. The molecule has 0 aliphatic heterocycles. The molecule has 0 bridgehead atoms. The molecule has 8 nitrogen and oxygen atoms in total. The Kier molecular flexibility index (Phi) is 5.81. The highest BCUT2D eigenvalue weighted by Gasteiger charge is 2.31. The third-order valence-corrected chi connectivity index (χ3v) is 6.73. The quantitative estimate of drug-likeness (QED) is 0.299. The molecule has 1 aliphatic rings. The maximum Gasteiger partial charge on any atom is 0.491 e. The topological polar surface area (TPSA) is 113 Å². The van der Waals surface area contributed by atoms with E-state index in [0.29, 0.717) is 44.9 Å². The molecular weight excluding hydrogens is 493 g/mol. The monoisotopic (exact) mass is 514 g/mol. The fraction of sp³-hybridized carbons (Fsp3) is 0.148. The first kappa shape index (κ1) is 24.0. The summed E-state index contributed by atoms with van der Waals surface area (Å²) in [5.74, 6) is -0.618. The van der Waals surface area contributed by atoms with E-state index in [1.54, 1.807) is 22.9 Å². The lowest BCUT2D eigenvalue weighted by atomic mass is 9.79. The van der Waals surface area contributed by atoms with Gasteiger partial charge in [0, 0.05) is 35.1 Å². The van der Waals surface area contributed by atoms with Crippen molar-refractivity contribution in [3.05, 3.63) is 83.7 Å². The molecule has 1 amide bonds. The van der Waals surface area contributed by atoms with Crippen molar-refractivity contribution in [2.75, 3.05) is 7.05 Å². The van der Waals surface area contributed by atoms with Crippen molar-refractivity contribution in [1.29, 1.82) is 0 Å². The van der Waals surface area contributed by atoms with Gasteiger partial charge in [-0.3, -0.25) is 4.79 Å². The number of hydrogen-bond donors (Lipinski definition) is 3. The minimum absolute atomic E-state index is 0.233. The second-order valence-corrected chi connectivity index (χ2v) is 9.18. The van der Waals surface area contributed by atoms with Crippen molar-refractivity contribution < 1.29 is 28.0 Å². The van der Waals surface area contributed by atoms with E-state index in [0.717, 1.165) is 18.4 Å². The third-order valence-electron chi connectivity index (χ3n) is 6.73. The Bertz CT molecular complexity index is 1690. The second-order valence-electron chi connectivity index (χ2n) is 9.18. The Labute approximate surface area is 215 Å². The van der Waals surface area contributed by atoms with E-state index >= 15 is 0 Å². The molecule has 6 rings (SSSR count). The van der Waals surface area contributed by atoms with Gasteiger partial charge in [-0.05, 0) is 60.7 Å². The van der Waals surface area contributed by atoms with Crippen molar-refractivity contribution in [1.82, 2.24) is 20.1 Å². The highest BCUT2D eigenvalue weighted by atomic mass is 19.1. The number of fused-ring (bicyclic) bond motifs is 1. The molecule has 3 aromatic carbocycles. The van der Waals surface area contributed by atoms with Gasteiger partial charge in [0.2, 0.25) is 0 Å². The van der Waals surface area contributed by atoms with Gasteiger partial charge in [0.1, 0.15) is 29.3 Å². The molecule has 5 aromatic rings. The summed E-state index contributed by atoms with van der Waals surface area (Å²) in [7, 11) is -0.400. The van der Waals surface area contributed by atoms with Crippen molar-refractivity contribution in [2.24, 2.45) is 0 Å². The van der Waals surface area contributed by atoms with Gasteiger partial charge in [0.25, 0.3) is 5.91 Å². The van der Waals surface area contributed by atoms with Gasteiger partial charge in [-0.15, -0.1) is 0 Å². The molecule has 2 aromatic heterocycles. The van der Waals surface area contributed by atoms with E-state index in [1.165, 1.54) is 43.7 Å². The van der Waals surface area contributed by atoms with Crippen LogP contribution in [0.15, 0.2) is 65.3 Å². The second kappa shape index (κ2) is 9.19. The third kappa shape index (κ3) is 4.05. The summed E-state index contributed by atoms with van der Waals surface area (Å²) in [5, 5.41) is 26.4. The molecule has 1 aliphatic carbocycles. The fourth-order valence-electron chi connectivity index (χ4n) is 4.70. The van der Waals surface area contributed by atoms with E-state index in [-0.39, 0.29) is 17.3 Å². The van der Waals surface area contributed by atoms with Crippen LogP contribution in [0.2, 0.25) is 0 Å². The lowest BCUT2D eigenvalue weighted by Gasteiger charge is -2.12. The Morgan fingerprint density at radius 2 is 1.82 bits per heavy atom. The Balaban J connectivity index is 1.55. The van der Waals surface area contributed by atoms with E-state index < -0.39 is 18.8 Å². The molecule has 0 spiro atoms. The summed E-state index contributed by atoms with van der Waals surface area (Å²) in [4.78, 5) is 17.3. The lowest BCUT2D eigenvalue weighted by Crippen LogP contribution is -2.32. The van der Waals surface area contributed by atoms with Crippen molar-refractivity contribution in [2.45, 2.75) is 18.8 Å². The minimum Gasteiger partial charge on any atom is -0.455 e. The van der Waals surface area contributed by atoms with Crippen LogP contribution in [0, 0.1) is 11.6 Å². The molecule has 3 N–H and O–H groups in total. The first-order valence-electron chi connectivity index (χ1n) is 12.0. The van der Waals surface area contributed by atoms with Gasteiger partial charge >= 0.3 is 7.12 Å². The average molecular weight is 514 g/mol. The minimum atomic E-state index is -1.94. The van der Waals surface area contributed by atoms with Crippen LogP contribution in [0.25, 0.3) is 39.4 Å². The molecular formula is C27H21BF2N4O4. The molecule has 190 valence electrons. The maximum absolute atomic E-state index is 14.5. The number of carbonyl (C=O) groups excluding carboxylic acids is 1. The van der Waals surface area contributed by atoms with Crippen LogP contribution in [0.5, 0.6) is 0 Å². The summed E-state index contributed by atoms with van der Waals surface area (Å²) >= 11 is 0. The zero-order valence-corrected chi connectivity index (χ0v) is 20.2. The van der Waals surface area contributed by atoms with Gasteiger partial charge < -0.3 is 19.8 Å². The van der Waals surface area contributed by atoms with Gasteiger partial charge in [0.15, 0.2) is 5.82 Å². The molecule has 1 fully saturated rings. The molecule has 0 radical (unpaired) electrons. The largest absolute Gasteiger partial charge is 0.491 e. The van der Waals surface area contributed by atoms with Crippen LogP contribution in [0.3, 0.4) is 0 Å². The number of furan rings is 1. The fourth-order valence-corrected chi connectivity index (χ4v) is 4.70. The summed E-state index contributed by atoms with van der Waals surface area (Å²) in [6.45, 7) is 0.